The number of carbonyl (C=O) groups is 2. The molecular weight excluding hydrogens is 298 g/mol. The molecule has 1 amide bonds. The topological polar surface area (TPSA) is 88.8 Å². The lowest BCUT2D eigenvalue weighted by Crippen LogP contribution is -2.27. The van der Waals surface area contributed by atoms with Crippen LogP contribution in [0.4, 0.5) is 0 Å². The standard InChI is InChI=1S/C17H19NO5/c1-3-14-13(17(20)21)10-15(23-14)16(19)18-8-9-22-12-6-4-11(2)5-7-12/h4-7,10H,3,8-9H2,1-2H3,(H,18,19)(H,20,21). The van der Waals surface area contributed by atoms with Crippen LogP contribution in [0.15, 0.2) is 34.7 Å². The molecule has 0 radical (unpaired) electrons. The van der Waals surface area contributed by atoms with Crippen molar-refractivity contribution in [1.82, 2.24) is 5.32 Å². The summed E-state index contributed by atoms with van der Waals surface area (Å²) >= 11 is 0. The van der Waals surface area contributed by atoms with E-state index >= 15 is 0 Å². The first-order valence-corrected chi connectivity index (χ1v) is 7.35. The van der Waals surface area contributed by atoms with Gasteiger partial charge in [0, 0.05) is 12.5 Å². The van der Waals surface area contributed by atoms with Gasteiger partial charge in [-0.25, -0.2) is 4.79 Å². The van der Waals surface area contributed by atoms with Crippen molar-refractivity contribution >= 4 is 11.9 Å². The van der Waals surface area contributed by atoms with Gasteiger partial charge in [0.1, 0.15) is 23.7 Å². The Hall–Kier alpha value is -2.76. The van der Waals surface area contributed by atoms with Gasteiger partial charge < -0.3 is 19.6 Å². The molecule has 0 spiro atoms. The van der Waals surface area contributed by atoms with Crippen LogP contribution >= 0.6 is 0 Å². The van der Waals surface area contributed by atoms with Crippen LogP contribution in [0.1, 0.15) is 39.2 Å². The quantitative estimate of drug-likeness (QED) is 0.766. The summed E-state index contributed by atoms with van der Waals surface area (Å²) in [6, 6.07) is 8.84. The van der Waals surface area contributed by atoms with Crippen LogP contribution in [-0.4, -0.2) is 30.1 Å². The van der Waals surface area contributed by atoms with Crippen LogP contribution in [0, 0.1) is 6.92 Å². The van der Waals surface area contributed by atoms with E-state index in [0.717, 1.165) is 11.3 Å². The average molecular weight is 317 g/mol. The molecule has 0 aliphatic carbocycles. The van der Waals surface area contributed by atoms with Crippen LogP contribution in [0.5, 0.6) is 5.75 Å². The Morgan fingerprint density at radius 2 is 1.96 bits per heavy atom. The van der Waals surface area contributed by atoms with Crippen molar-refractivity contribution in [2.75, 3.05) is 13.2 Å². The highest BCUT2D eigenvalue weighted by molar-refractivity contribution is 5.96. The number of ether oxygens (including phenoxy) is 1. The number of furan rings is 1. The summed E-state index contributed by atoms with van der Waals surface area (Å²) in [5.41, 5.74) is 1.16. The van der Waals surface area contributed by atoms with Crippen LogP contribution in [0.2, 0.25) is 0 Å². The Balaban J connectivity index is 1.85. The van der Waals surface area contributed by atoms with Gasteiger partial charge in [-0.15, -0.1) is 0 Å². The number of hydrogen-bond donors (Lipinski definition) is 2. The lowest BCUT2D eigenvalue weighted by Gasteiger charge is -2.07. The van der Waals surface area contributed by atoms with Crippen molar-refractivity contribution in [2.24, 2.45) is 0 Å². The number of carbonyl (C=O) groups excluding carboxylic acids is 1. The molecule has 1 aromatic carbocycles. The third-order valence-corrected chi connectivity index (χ3v) is 3.26. The number of rotatable bonds is 7. The van der Waals surface area contributed by atoms with Gasteiger partial charge in [-0.05, 0) is 19.1 Å². The molecule has 2 rings (SSSR count). The van der Waals surface area contributed by atoms with E-state index in [-0.39, 0.29) is 17.9 Å². The summed E-state index contributed by atoms with van der Waals surface area (Å²) < 4.78 is 10.8. The van der Waals surface area contributed by atoms with E-state index in [0.29, 0.717) is 18.8 Å². The molecule has 2 aromatic rings. The molecule has 6 nitrogen and oxygen atoms in total. The van der Waals surface area contributed by atoms with Crippen molar-refractivity contribution in [3.63, 3.8) is 0 Å². The van der Waals surface area contributed by atoms with E-state index in [1.165, 1.54) is 6.07 Å². The van der Waals surface area contributed by atoms with E-state index in [4.69, 9.17) is 14.3 Å². The zero-order valence-corrected chi connectivity index (χ0v) is 13.1. The average Bonchev–Trinajstić information content (AvgIpc) is 2.97. The fourth-order valence-corrected chi connectivity index (χ4v) is 2.04. The Morgan fingerprint density at radius 3 is 2.52 bits per heavy atom. The molecule has 0 unspecified atom stereocenters. The zero-order chi connectivity index (χ0) is 16.8. The minimum Gasteiger partial charge on any atom is -0.492 e. The van der Waals surface area contributed by atoms with E-state index in [2.05, 4.69) is 5.32 Å². The van der Waals surface area contributed by atoms with Gasteiger partial charge in [-0.1, -0.05) is 24.6 Å². The van der Waals surface area contributed by atoms with Crippen molar-refractivity contribution in [2.45, 2.75) is 20.3 Å². The van der Waals surface area contributed by atoms with Gasteiger partial charge in [-0.2, -0.15) is 0 Å². The molecule has 23 heavy (non-hydrogen) atoms. The van der Waals surface area contributed by atoms with Crippen LogP contribution < -0.4 is 10.1 Å². The molecule has 0 atom stereocenters. The molecule has 1 aromatic heterocycles. The zero-order valence-electron chi connectivity index (χ0n) is 13.1. The van der Waals surface area contributed by atoms with E-state index < -0.39 is 11.9 Å². The molecule has 0 aliphatic rings. The molecule has 0 fully saturated rings. The van der Waals surface area contributed by atoms with Gasteiger partial charge in [0.25, 0.3) is 5.91 Å². The maximum Gasteiger partial charge on any atom is 0.339 e. The molecule has 6 heteroatoms. The summed E-state index contributed by atoms with van der Waals surface area (Å²) in [5.74, 6) is -0.551. The van der Waals surface area contributed by atoms with Crippen LogP contribution in [0.3, 0.4) is 0 Å². The largest absolute Gasteiger partial charge is 0.492 e. The number of aromatic carboxylic acids is 1. The summed E-state index contributed by atoms with van der Waals surface area (Å²) in [7, 11) is 0. The first-order chi connectivity index (χ1) is 11.0. The van der Waals surface area contributed by atoms with Crippen molar-refractivity contribution in [3.8, 4) is 5.75 Å². The van der Waals surface area contributed by atoms with Gasteiger partial charge in [-0.3, -0.25) is 4.79 Å². The molecule has 0 aliphatic heterocycles. The highest BCUT2D eigenvalue weighted by Crippen LogP contribution is 2.16. The van der Waals surface area contributed by atoms with Gasteiger partial charge in [0.05, 0.1) is 6.54 Å². The van der Waals surface area contributed by atoms with Crippen LogP contribution in [0.25, 0.3) is 0 Å². The summed E-state index contributed by atoms with van der Waals surface area (Å²) in [6.45, 7) is 4.35. The molecule has 122 valence electrons. The smallest absolute Gasteiger partial charge is 0.339 e. The summed E-state index contributed by atoms with van der Waals surface area (Å²) in [4.78, 5) is 23.0. The number of carboxylic acid groups (broad SMARTS) is 1. The maximum absolute atomic E-state index is 12.0. The lowest BCUT2D eigenvalue weighted by atomic mass is 10.2. The molecule has 0 saturated carbocycles. The lowest BCUT2D eigenvalue weighted by molar-refractivity contribution is 0.0694. The van der Waals surface area contributed by atoms with Gasteiger partial charge in [0.15, 0.2) is 5.76 Å². The highest BCUT2D eigenvalue weighted by atomic mass is 16.5. The molecule has 0 saturated heterocycles. The number of benzene rings is 1. The number of amides is 1. The predicted molar refractivity (Wildman–Crippen MR) is 84.1 cm³/mol. The van der Waals surface area contributed by atoms with Crippen molar-refractivity contribution in [3.05, 3.63) is 53.0 Å². The molecule has 1 heterocycles. The highest BCUT2D eigenvalue weighted by Gasteiger charge is 2.19. The number of hydrogen-bond acceptors (Lipinski definition) is 4. The fourth-order valence-electron chi connectivity index (χ4n) is 2.04. The third kappa shape index (κ3) is 4.35. The predicted octanol–water partition coefficient (Wildman–Crippen LogP) is 2.66. The first-order valence-electron chi connectivity index (χ1n) is 7.35. The minimum atomic E-state index is -1.10. The normalized spacial score (nSPS) is 10.3. The van der Waals surface area contributed by atoms with Gasteiger partial charge >= 0.3 is 5.97 Å². The van der Waals surface area contributed by atoms with Crippen LogP contribution in [-0.2, 0) is 6.42 Å². The third-order valence-electron chi connectivity index (χ3n) is 3.26. The monoisotopic (exact) mass is 317 g/mol. The second kappa shape index (κ2) is 7.49. The molecular formula is C17H19NO5. The van der Waals surface area contributed by atoms with Gasteiger partial charge in [0.2, 0.25) is 0 Å². The van der Waals surface area contributed by atoms with E-state index in [9.17, 15) is 9.59 Å². The van der Waals surface area contributed by atoms with Crippen molar-refractivity contribution < 1.29 is 23.8 Å². The Morgan fingerprint density at radius 1 is 1.26 bits per heavy atom. The number of aryl methyl sites for hydroxylation is 2. The molecule has 2 N–H and O–H groups in total. The Bertz CT molecular complexity index is 688. The second-order valence-electron chi connectivity index (χ2n) is 5.02. The van der Waals surface area contributed by atoms with Crippen molar-refractivity contribution in [1.29, 1.82) is 0 Å². The summed E-state index contributed by atoms with van der Waals surface area (Å²) in [5, 5.41) is 11.7. The Labute approximate surface area is 134 Å². The SMILES string of the molecule is CCc1oc(C(=O)NCCOc2ccc(C)cc2)cc1C(=O)O. The second-order valence-corrected chi connectivity index (χ2v) is 5.02. The fraction of sp³-hybridized carbons (Fsp3) is 0.294. The Kier molecular flexibility index (Phi) is 5.41. The number of nitrogens with one attached hydrogen (secondary N) is 1. The maximum atomic E-state index is 12.0. The van der Waals surface area contributed by atoms with E-state index in [1.807, 2.05) is 31.2 Å². The van der Waals surface area contributed by atoms with E-state index in [1.54, 1.807) is 6.92 Å². The summed E-state index contributed by atoms with van der Waals surface area (Å²) in [6.07, 6.45) is 0.408. The molecule has 0 bridgehead atoms. The first kappa shape index (κ1) is 16.6. The number of carboxylic acids is 1. The minimum absolute atomic E-state index is 0.00501.